The predicted octanol–water partition coefficient (Wildman–Crippen LogP) is 1.40. The molecule has 98 valence electrons. The summed E-state index contributed by atoms with van der Waals surface area (Å²) in [5.74, 6) is 0.135. The van der Waals surface area contributed by atoms with Gasteiger partial charge in [-0.25, -0.2) is 0 Å². The van der Waals surface area contributed by atoms with Crippen LogP contribution < -0.4 is 5.73 Å². The highest BCUT2D eigenvalue weighted by molar-refractivity contribution is 9.10. The fourth-order valence-corrected chi connectivity index (χ4v) is 2.20. The summed E-state index contributed by atoms with van der Waals surface area (Å²) < 4.78 is 6.52. The molecule has 1 aliphatic rings. The minimum absolute atomic E-state index is 0.135. The highest BCUT2D eigenvalue weighted by atomic mass is 79.9. The lowest BCUT2D eigenvalue weighted by molar-refractivity contribution is 0.00141. The van der Waals surface area contributed by atoms with Crippen molar-refractivity contribution in [2.45, 2.75) is 12.6 Å². The molecule has 1 fully saturated rings. The summed E-state index contributed by atoms with van der Waals surface area (Å²) in [6.45, 7) is 2.93. The molecule has 5 nitrogen and oxygen atoms in total. The number of hydrogen-bond donors (Lipinski definition) is 2. The third-order valence-corrected chi connectivity index (χ3v) is 3.44. The van der Waals surface area contributed by atoms with Gasteiger partial charge in [0, 0.05) is 24.1 Å². The first-order valence-electron chi connectivity index (χ1n) is 5.75. The molecule has 6 heteroatoms. The number of oxime groups is 1. The van der Waals surface area contributed by atoms with Gasteiger partial charge in [-0.1, -0.05) is 33.2 Å². The summed E-state index contributed by atoms with van der Waals surface area (Å²) >= 11 is 3.41. The number of amidine groups is 1. The molecule has 1 saturated heterocycles. The highest BCUT2D eigenvalue weighted by Gasteiger charge is 2.23. The van der Waals surface area contributed by atoms with Crippen LogP contribution in [-0.4, -0.2) is 41.7 Å². The Bertz CT molecular complexity index is 422. The van der Waals surface area contributed by atoms with Gasteiger partial charge >= 0.3 is 0 Å². The molecule has 0 aromatic heterocycles. The molecular formula is C12H16BrN3O2. The first-order chi connectivity index (χ1) is 8.69. The van der Waals surface area contributed by atoms with Crippen molar-refractivity contribution in [3.05, 3.63) is 34.3 Å². The summed E-state index contributed by atoms with van der Waals surface area (Å²) in [6.07, 6.45) is -0.320. The molecule has 1 atom stereocenters. The lowest BCUT2D eigenvalue weighted by atomic mass is 10.2. The first kappa shape index (κ1) is 13.3. The number of nitrogens with two attached hydrogens (primary N) is 1. The van der Waals surface area contributed by atoms with Crippen molar-refractivity contribution in [2.75, 3.05) is 19.7 Å². The summed E-state index contributed by atoms with van der Waals surface area (Å²) in [4.78, 5) is 2.23. The third kappa shape index (κ3) is 3.44. The van der Waals surface area contributed by atoms with E-state index in [9.17, 15) is 0 Å². The van der Waals surface area contributed by atoms with Gasteiger partial charge in [0.25, 0.3) is 0 Å². The number of rotatable bonds is 3. The van der Waals surface area contributed by atoms with E-state index in [-0.39, 0.29) is 11.9 Å². The van der Waals surface area contributed by atoms with Crippen LogP contribution in [0.15, 0.2) is 33.9 Å². The molecular weight excluding hydrogens is 298 g/mol. The Kier molecular flexibility index (Phi) is 4.57. The average Bonchev–Trinajstić information content (AvgIpc) is 2.41. The zero-order chi connectivity index (χ0) is 13.0. The quantitative estimate of drug-likeness (QED) is 0.383. The molecule has 2 rings (SSSR count). The van der Waals surface area contributed by atoms with Crippen molar-refractivity contribution >= 4 is 21.8 Å². The number of halogens is 1. The number of morpholine rings is 1. The topological polar surface area (TPSA) is 71.1 Å². The van der Waals surface area contributed by atoms with Crippen molar-refractivity contribution in [1.82, 2.24) is 4.90 Å². The summed E-state index contributed by atoms with van der Waals surface area (Å²) in [5, 5.41) is 11.7. The van der Waals surface area contributed by atoms with E-state index < -0.39 is 0 Å². The second-order valence-corrected chi connectivity index (χ2v) is 5.16. The Balaban J connectivity index is 1.95. The average molecular weight is 314 g/mol. The standard InChI is InChI=1S/C12H16BrN3O2/c13-10-3-1-9(2-4-10)7-16-5-6-18-11(8-16)12(14)15-17/h1-4,11,17H,5-8H2,(H2,14,15). The van der Waals surface area contributed by atoms with Gasteiger partial charge in [0.2, 0.25) is 0 Å². The van der Waals surface area contributed by atoms with E-state index >= 15 is 0 Å². The second-order valence-electron chi connectivity index (χ2n) is 4.25. The van der Waals surface area contributed by atoms with Gasteiger partial charge in [-0.15, -0.1) is 0 Å². The summed E-state index contributed by atoms with van der Waals surface area (Å²) in [7, 11) is 0. The number of hydrogen-bond acceptors (Lipinski definition) is 4. The van der Waals surface area contributed by atoms with E-state index in [1.54, 1.807) is 0 Å². The van der Waals surface area contributed by atoms with Crippen LogP contribution in [0.4, 0.5) is 0 Å². The normalized spacial score (nSPS) is 22.1. The van der Waals surface area contributed by atoms with Crippen molar-refractivity contribution in [1.29, 1.82) is 0 Å². The van der Waals surface area contributed by atoms with Crippen LogP contribution >= 0.6 is 15.9 Å². The monoisotopic (exact) mass is 313 g/mol. The highest BCUT2D eigenvalue weighted by Crippen LogP contribution is 2.14. The van der Waals surface area contributed by atoms with Gasteiger partial charge in [0.1, 0.15) is 6.10 Å². The molecule has 1 aromatic rings. The molecule has 0 spiro atoms. The Labute approximate surface area is 114 Å². The lowest BCUT2D eigenvalue weighted by Crippen LogP contribution is -2.48. The molecule has 0 radical (unpaired) electrons. The Morgan fingerprint density at radius 3 is 2.89 bits per heavy atom. The molecule has 0 bridgehead atoms. The van der Waals surface area contributed by atoms with E-state index in [2.05, 4.69) is 38.1 Å². The zero-order valence-electron chi connectivity index (χ0n) is 9.92. The number of ether oxygens (including phenoxy) is 1. The van der Waals surface area contributed by atoms with Gasteiger partial charge in [0.05, 0.1) is 6.61 Å². The zero-order valence-corrected chi connectivity index (χ0v) is 11.5. The molecule has 1 aliphatic heterocycles. The van der Waals surface area contributed by atoms with Gasteiger partial charge in [-0.2, -0.15) is 0 Å². The molecule has 0 amide bonds. The third-order valence-electron chi connectivity index (χ3n) is 2.92. The van der Waals surface area contributed by atoms with E-state index in [1.165, 1.54) is 5.56 Å². The smallest absolute Gasteiger partial charge is 0.169 e. The minimum Gasteiger partial charge on any atom is -0.409 e. The SMILES string of the molecule is NC(=NO)C1CN(Cc2ccc(Br)cc2)CCO1. The second kappa shape index (κ2) is 6.17. The fourth-order valence-electron chi connectivity index (χ4n) is 1.94. The van der Waals surface area contributed by atoms with E-state index in [0.717, 1.165) is 17.6 Å². The van der Waals surface area contributed by atoms with Gasteiger partial charge < -0.3 is 15.7 Å². The molecule has 0 aliphatic carbocycles. The van der Waals surface area contributed by atoms with Crippen molar-refractivity contribution in [2.24, 2.45) is 10.9 Å². The summed E-state index contributed by atoms with van der Waals surface area (Å²) in [5.41, 5.74) is 6.80. The lowest BCUT2D eigenvalue weighted by Gasteiger charge is -2.32. The largest absolute Gasteiger partial charge is 0.409 e. The minimum atomic E-state index is -0.320. The van der Waals surface area contributed by atoms with Crippen LogP contribution in [0.1, 0.15) is 5.56 Å². The van der Waals surface area contributed by atoms with E-state index in [4.69, 9.17) is 15.7 Å². The van der Waals surface area contributed by atoms with Crippen molar-refractivity contribution in [3.8, 4) is 0 Å². The van der Waals surface area contributed by atoms with Crippen LogP contribution in [0.3, 0.4) is 0 Å². The summed E-state index contributed by atoms with van der Waals surface area (Å²) in [6, 6.07) is 8.21. The number of benzene rings is 1. The Morgan fingerprint density at radius 1 is 1.50 bits per heavy atom. The van der Waals surface area contributed by atoms with E-state index in [1.807, 2.05) is 12.1 Å². The van der Waals surface area contributed by atoms with Gasteiger partial charge in [-0.3, -0.25) is 4.90 Å². The maximum Gasteiger partial charge on any atom is 0.169 e. The van der Waals surface area contributed by atoms with Crippen LogP contribution in [0.2, 0.25) is 0 Å². The molecule has 3 N–H and O–H groups in total. The van der Waals surface area contributed by atoms with Crippen molar-refractivity contribution in [3.63, 3.8) is 0 Å². The molecule has 0 saturated carbocycles. The van der Waals surface area contributed by atoms with E-state index in [0.29, 0.717) is 13.2 Å². The van der Waals surface area contributed by atoms with Gasteiger partial charge in [-0.05, 0) is 17.7 Å². The Morgan fingerprint density at radius 2 is 2.22 bits per heavy atom. The van der Waals surface area contributed by atoms with Crippen LogP contribution in [0, 0.1) is 0 Å². The maximum absolute atomic E-state index is 8.65. The van der Waals surface area contributed by atoms with Crippen LogP contribution in [0.5, 0.6) is 0 Å². The molecule has 18 heavy (non-hydrogen) atoms. The van der Waals surface area contributed by atoms with Crippen LogP contribution in [0.25, 0.3) is 0 Å². The molecule has 1 heterocycles. The van der Waals surface area contributed by atoms with Crippen LogP contribution in [-0.2, 0) is 11.3 Å². The Hall–Kier alpha value is -1.11. The van der Waals surface area contributed by atoms with Gasteiger partial charge in [0.15, 0.2) is 5.84 Å². The predicted molar refractivity (Wildman–Crippen MR) is 72.6 cm³/mol. The number of nitrogens with zero attached hydrogens (tertiary/aromatic N) is 2. The first-order valence-corrected chi connectivity index (χ1v) is 6.54. The molecule has 1 unspecified atom stereocenters. The molecule has 1 aromatic carbocycles. The van der Waals surface area contributed by atoms with Crippen molar-refractivity contribution < 1.29 is 9.94 Å². The maximum atomic E-state index is 8.65. The fraction of sp³-hybridized carbons (Fsp3) is 0.417.